The van der Waals surface area contributed by atoms with Crippen LogP contribution in [0.2, 0.25) is 0 Å². The molecule has 0 amide bonds. The maximum absolute atomic E-state index is 10.9. The second-order valence-electron chi connectivity index (χ2n) is 5.76. The molecule has 1 aromatic carbocycles. The number of nitrogens with zero attached hydrogens (tertiary/aromatic N) is 1. The fourth-order valence-corrected chi connectivity index (χ4v) is 2.82. The SMILES string of the molecule is CC1CCCN(CCCCOc2ccccc2C=O)C1. The summed E-state index contributed by atoms with van der Waals surface area (Å²) >= 11 is 0. The molecule has 1 atom stereocenters. The molecule has 0 N–H and O–H groups in total. The Hall–Kier alpha value is -1.35. The van der Waals surface area contributed by atoms with Gasteiger partial charge in [-0.05, 0) is 56.8 Å². The third-order valence-corrected chi connectivity index (χ3v) is 3.91. The molecule has 20 heavy (non-hydrogen) atoms. The molecule has 3 heteroatoms. The predicted molar refractivity (Wildman–Crippen MR) is 81.4 cm³/mol. The van der Waals surface area contributed by atoms with Gasteiger partial charge in [0.2, 0.25) is 0 Å². The van der Waals surface area contributed by atoms with E-state index in [4.69, 9.17) is 4.74 Å². The molecule has 0 bridgehead atoms. The number of benzene rings is 1. The van der Waals surface area contributed by atoms with E-state index in [1.165, 1.54) is 32.5 Å². The van der Waals surface area contributed by atoms with Crippen molar-refractivity contribution in [1.82, 2.24) is 4.90 Å². The minimum atomic E-state index is 0.636. The van der Waals surface area contributed by atoms with Crippen molar-refractivity contribution >= 4 is 6.29 Å². The van der Waals surface area contributed by atoms with Gasteiger partial charge in [0.15, 0.2) is 6.29 Å². The molecule has 1 heterocycles. The molecule has 1 unspecified atom stereocenters. The number of rotatable bonds is 7. The first kappa shape index (κ1) is 15.0. The molecule has 2 rings (SSSR count). The Labute approximate surface area is 121 Å². The lowest BCUT2D eigenvalue weighted by molar-refractivity contribution is 0.111. The van der Waals surface area contributed by atoms with Crippen LogP contribution in [0.25, 0.3) is 0 Å². The number of hydrogen-bond acceptors (Lipinski definition) is 3. The van der Waals surface area contributed by atoms with Crippen LogP contribution in [0.1, 0.15) is 43.0 Å². The van der Waals surface area contributed by atoms with E-state index in [0.29, 0.717) is 17.9 Å². The van der Waals surface area contributed by atoms with E-state index >= 15 is 0 Å². The van der Waals surface area contributed by atoms with Crippen LogP contribution in [0.3, 0.4) is 0 Å². The topological polar surface area (TPSA) is 29.5 Å². The first-order valence-corrected chi connectivity index (χ1v) is 7.69. The monoisotopic (exact) mass is 275 g/mol. The highest BCUT2D eigenvalue weighted by Gasteiger charge is 2.15. The zero-order valence-electron chi connectivity index (χ0n) is 12.4. The number of likely N-dealkylation sites (tertiary alicyclic amines) is 1. The zero-order chi connectivity index (χ0) is 14.2. The summed E-state index contributed by atoms with van der Waals surface area (Å²) in [4.78, 5) is 13.4. The van der Waals surface area contributed by atoms with E-state index in [-0.39, 0.29) is 0 Å². The molecular weight excluding hydrogens is 250 g/mol. The Morgan fingerprint density at radius 2 is 2.20 bits per heavy atom. The van der Waals surface area contributed by atoms with Crippen LogP contribution >= 0.6 is 0 Å². The van der Waals surface area contributed by atoms with Crippen molar-refractivity contribution in [2.24, 2.45) is 5.92 Å². The van der Waals surface area contributed by atoms with Crippen LogP contribution in [0.4, 0.5) is 0 Å². The van der Waals surface area contributed by atoms with E-state index in [1.54, 1.807) is 6.07 Å². The quantitative estimate of drug-likeness (QED) is 0.564. The van der Waals surface area contributed by atoms with Crippen molar-refractivity contribution in [2.75, 3.05) is 26.2 Å². The average Bonchev–Trinajstić information content (AvgIpc) is 2.47. The molecule has 0 spiro atoms. The molecule has 0 radical (unpaired) electrons. The number of para-hydroxylation sites is 1. The summed E-state index contributed by atoms with van der Waals surface area (Å²) in [5, 5.41) is 0. The molecule has 1 aromatic rings. The maximum atomic E-state index is 10.9. The van der Waals surface area contributed by atoms with Crippen LogP contribution in [0.15, 0.2) is 24.3 Å². The Bertz CT molecular complexity index is 419. The van der Waals surface area contributed by atoms with Crippen LogP contribution in [-0.2, 0) is 0 Å². The Morgan fingerprint density at radius 3 is 3.00 bits per heavy atom. The molecule has 0 saturated carbocycles. The van der Waals surface area contributed by atoms with Gasteiger partial charge in [0.25, 0.3) is 0 Å². The zero-order valence-corrected chi connectivity index (χ0v) is 12.4. The Balaban J connectivity index is 1.63. The van der Waals surface area contributed by atoms with E-state index in [0.717, 1.165) is 25.0 Å². The second-order valence-corrected chi connectivity index (χ2v) is 5.76. The van der Waals surface area contributed by atoms with Gasteiger partial charge in [0.05, 0.1) is 12.2 Å². The van der Waals surface area contributed by atoms with E-state index < -0.39 is 0 Å². The van der Waals surface area contributed by atoms with Gasteiger partial charge in [-0.15, -0.1) is 0 Å². The smallest absolute Gasteiger partial charge is 0.153 e. The van der Waals surface area contributed by atoms with Gasteiger partial charge < -0.3 is 9.64 Å². The minimum absolute atomic E-state index is 0.636. The van der Waals surface area contributed by atoms with Gasteiger partial charge in [-0.25, -0.2) is 0 Å². The number of carbonyl (C=O) groups excluding carboxylic acids is 1. The van der Waals surface area contributed by atoms with Gasteiger partial charge in [0, 0.05) is 6.54 Å². The van der Waals surface area contributed by atoms with Gasteiger partial charge in [0.1, 0.15) is 5.75 Å². The normalized spacial score (nSPS) is 19.8. The Morgan fingerprint density at radius 1 is 1.35 bits per heavy atom. The number of hydrogen-bond donors (Lipinski definition) is 0. The third kappa shape index (κ3) is 4.64. The lowest BCUT2D eigenvalue weighted by Crippen LogP contribution is -2.35. The summed E-state index contributed by atoms with van der Waals surface area (Å²) in [5.41, 5.74) is 0.636. The summed E-state index contributed by atoms with van der Waals surface area (Å²) in [7, 11) is 0. The number of unbranched alkanes of at least 4 members (excludes halogenated alkanes) is 1. The van der Waals surface area contributed by atoms with Crippen molar-refractivity contribution in [2.45, 2.75) is 32.6 Å². The third-order valence-electron chi connectivity index (χ3n) is 3.91. The largest absolute Gasteiger partial charge is 0.493 e. The average molecular weight is 275 g/mol. The molecule has 0 aliphatic carbocycles. The molecular formula is C17H25NO2. The number of aldehydes is 1. The summed E-state index contributed by atoms with van der Waals surface area (Å²) < 4.78 is 5.69. The number of piperidine rings is 1. The highest BCUT2D eigenvalue weighted by molar-refractivity contribution is 5.79. The van der Waals surface area contributed by atoms with Crippen LogP contribution in [0.5, 0.6) is 5.75 Å². The first-order chi connectivity index (χ1) is 9.79. The summed E-state index contributed by atoms with van der Waals surface area (Å²) in [6, 6.07) is 7.40. The summed E-state index contributed by atoms with van der Waals surface area (Å²) in [6.45, 7) is 6.69. The van der Waals surface area contributed by atoms with Crippen LogP contribution in [0, 0.1) is 5.92 Å². The highest BCUT2D eigenvalue weighted by Crippen LogP contribution is 2.17. The lowest BCUT2D eigenvalue weighted by atomic mass is 10.0. The molecule has 1 aliphatic rings. The second kappa shape index (κ2) is 8.05. The fraction of sp³-hybridized carbons (Fsp3) is 0.588. The lowest BCUT2D eigenvalue weighted by Gasteiger charge is -2.30. The van der Waals surface area contributed by atoms with Crippen molar-refractivity contribution in [3.63, 3.8) is 0 Å². The summed E-state index contributed by atoms with van der Waals surface area (Å²) in [5.74, 6) is 1.55. The highest BCUT2D eigenvalue weighted by atomic mass is 16.5. The van der Waals surface area contributed by atoms with Crippen LogP contribution in [-0.4, -0.2) is 37.4 Å². The summed E-state index contributed by atoms with van der Waals surface area (Å²) in [6.07, 6.45) is 5.77. The number of ether oxygens (including phenoxy) is 1. The minimum Gasteiger partial charge on any atom is -0.493 e. The molecule has 1 saturated heterocycles. The van der Waals surface area contributed by atoms with Gasteiger partial charge in [-0.2, -0.15) is 0 Å². The van der Waals surface area contributed by atoms with E-state index in [1.807, 2.05) is 18.2 Å². The van der Waals surface area contributed by atoms with Crippen molar-refractivity contribution < 1.29 is 9.53 Å². The first-order valence-electron chi connectivity index (χ1n) is 7.69. The predicted octanol–water partition coefficient (Wildman–Crippen LogP) is 3.39. The molecule has 1 aliphatic heterocycles. The van der Waals surface area contributed by atoms with Gasteiger partial charge in [-0.1, -0.05) is 19.1 Å². The van der Waals surface area contributed by atoms with Gasteiger partial charge in [-0.3, -0.25) is 4.79 Å². The maximum Gasteiger partial charge on any atom is 0.153 e. The van der Waals surface area contributed by atoms with Crippen molar-refractivity contribution in [3.8, 4) is 5.75 Å². The van der Waals surface area contributed by atoms with E-state index in [9.17, 15) is 4.79 Å². The van der Waals surface area contributed by atoms with Crippen molar-refractivity contribution in [1.29, 1.82) is 0 Å². The molecule has 0 aromatic heterocycles. The van der Waals surface area contributed by atoms with E-state index in [2.05, 4.69) is 11.8 Å². The van der Waals surface area contributed by atoms with Gasteiger partial charge >= 0.3 is 0 Å². The molecule has 1 fully saturated rings. The standard InChI is InChI=1S/C17H25NO2/c1-15-7-6-11-18(13-15)10-4-5-12-20-17-9-3-2-8-16(17)14-19/h2-3,8-9,14-15H,4-7,10-13H2,1H3. The van der Waals surface area contributed by atoms with Crippen molar-refractivity contribution in [3.05, 3.63) is 29.8 Å². The fourth-order valence-electron chi connectivity index (χ4n) is 2.82. The number of carbonyl (C=O) groups is 1. The molecule has 110 valence electrons. The molecule has 3 nitrogen and oxygen atoms in total. The van der Waals surface area contributed by atoms with Crippen LogP contribution < -0.4 is 4.74 Å². The Kier molecular flexibility index (Phi) is 6.06.